The summed E-state index contributed by atoms with van der Waals surface area (Å²) in [6, 6.07) is 8.60. The van der Waals surface area contributed by atoms with Crippen LogP contribution in [0.5, 0.6) is 0 Å². The molecule has 1 heterocycles. The molecule has 5 nitrogen and oxygen atoms in total. The van der Waals surface area contributed by atoms with Crippen LogP contribution in [0.15, 0.2) is 24.3 Å². The fourth-order valence-electron chi connectivity index (χ4n) is 5.20. The molecule has 166 valence electrons. The molecule has 30 heavy (non-hydrogen) atoms. The van der Waals surface area contributed by atoms with Crippen LogP contribution in [0.3, 0.4) is 0 Å². The topological polar surface area (TPSA) is 70.2 Å². The van der Waals surface area contributed by atoms with Crippen LogP contribution in [-0.4, -0.2) is 30.4 Å². The van der Waals surface area contributed by atoms with Gasteiger partial charge in [0.05, 0.1) is 6.04 Å². The summed E-state index contributed by atoms with van der Waals surface area (Å²) in [5.41, 5.74) is 2.57. The van der Waals surface area contributed by atoms with E-state index in [9.17, 15) is 9.59 Å². The second-order valence-corrected chi connectivity index (χ2v) is 9.21. The van der Waals surface area contributed by atoms with Crippen molar-refractivity contribution in [2.24, 2.45) is 11.8 Å². The molecule has 2 aliphatic carbocycles. The Morgan fingerprint density at radius 3 is 2.33 bits per heavy atom. The van der Waals surface area contributed by atoms with Gasteiger partial charge in [-0.2, -0.15) is 0 Å². The standard InChI is InChI=1S/C24H35N3O2.ClH/c28-23(27-21-8-2-1-3-9-21)18-12-10-17(11-13-18)15-26-24(29)22-14-19-6-4-5-7-20(19)16-25-22;/h4-7,17-18,21-22,25H,1-3,8-16H2,(H,26,29)(H,27,28);1H/t17?,18?,22-;/m0./s1. The summed E-state index contributed by atoms with van der Waals surface area (Å²) in [5.74, 6) is 1.04. The molecule has 2 saturated carbocycles. The third-order valence-electron chi connectivity index (χ3n) is 7.13. The van der Waals surface area contributed by atoms with Crippen LogP contribution in [0.25, 0.3) is 0 Å². The number of halogens is 1. The highest BCUT2D eigenvalue weighted by Gasteiger charge is 2.29. The first-order valence-corrected chi connectivity index (χ1v) is 11.6. The smallest absolute Gasteiger partial charge is 0.237 e. The average molecular weight is 434 g/mol. The first kappa shape index (κ1) is 23.1. The van der Waals surface area contributed by atoms with Crippen molar-refractivity contribution < 1.29 is 9.59 Å². The summed E-state index contributed by atoms with van der Waals surface area (Å²) in [6.45, 7) is 1.49. The van der Waals surface area contributed by atoms with Crippen molar-refractivity contribution in [3.63, 3.8) is 0 Å². The minimum atomic E-state index is -0.137. The van der Waals surface area contributed by atoms with E-state index in [1.54, 1.807) is 0 Å². The van der Waals surface area contributed by atoms with Crippen molar-refractivity contribution in [1.82, 2.24) is 16.0 Å². The number of carbonyl (C=O) groups is 2. The van der Waals surface area contributed by atoms with E-state index in [1.807, 2.05) is 12.1 Å². The summed E-state index contributed by atoms with van der Waals surface area (Å²) in [7, 11) is 0. The van der Waals surface area contributed by atoms with Gasteiger partial charge in [0.25, 0.3) is 0 Å². The molecule has 2 fully saturated rings. The van der Waals surface area contributed by atoms with Crippen LogP contribution >= 0.6 is 12.4 Å². The fourth-order valence-corrected chi connectivity index (χ4v) is 5.20. The van der Waals surface area contributed by atoms with Crippen LogP contribution in [0.1, 0.15) is 68.9 Å². The van der Waals surface area contributed by atoms with Gasteiger partial charge in [-0.3, -0.25) is 9.59 Å². The molecule has 0 spiro atoms. The third-order valence-corrected chi connectivity index (χ3v) is 7.13. The highest BCUT2D eigenvalue weighted by atomic mass is 35.5. The van der Waals surface area contributed by atoms with Gasteiger partial charge in [-0.1, -0.05) is 43.5 Å². The number of fused-ring (bicyclic) bond motifs is 1. The second kappa shape index (κ2) is 11.1. The lowest BCUT2D eigenvalue weighted by atomic mass is 9.81. The van der Waals surface area contributed by atoms with E-state index >= 15 is 0 Å². The average Bonchev–Trinajstić information content (AvgIpc) is 2.78. The van der Waals surface area contributed by atoms with Crippen molar-refractivity contribution in [2.75, 3.05) is 6.54 Å². The van der Waals surface area contributed by atoms with Crippen molar-refractivity contribution in [3.05, 3.63) is 35.4 Å². The third kappa shape index (κ3) is 5.98. The van der Waals surface area contributed by atoms with Gasteiger partial charge in [-0.05, 0) is 62.0 Å². The van der Waals surface area contributed by atoms with Gasteiger partial charge in [0.2, 0.25) is 11.8 Å². The Morgan fingerprint density at radius 2 is 1.60 bits per heavy atom. The Morgan fingerprint density at radius 1 is 0.900 bits per heavy atom. The molecule has 0 bridgehead atoms. The summed E-state index contributed by atoms with van der Waals surface area (Å²) >= 11 is 0. The Balaban J connectivity index is 0.00000256. The molecular weight excluding hydrogens is 398 g/mol. The number of carbonyl (C=O) groups excluding carboxylic acids is 2. The van der Waals surface area contributed by atoms with Crippen LogP contribution in [0.2, 0.25) is 0 Å². The maximum atomic E-state index is 12.6. The predicted molar refractivity (Wildman–Crippen MR) is 121 cm³/mol. The van der Waals surface area contributed by atoms with Crippen LogP contribution in [0, 0.1) is 11.8 Å². The highest BCUT2D eigenvalue weighted by Crippen LogP contribution is 2.29. The molecule has 6 heteroatoms. The molecule has 1 aliphatic heterocycles. The largest absolute Gasteiger partial charge is 0.354 e. The van der Waals surface area contributed by atoms with E-state index in [-0.39, 0.29) is 36.2 Å². The second-order valence-electron chi connectivity index (χ2n) is 9.21. The highest BCUT2D eigenvalue weighted by molar-refractivity contribution is 5.85. The van der Waals surface area contributed by atoms with E-state index in [0.717, 1.165) is 58.0 Å². The number of rotatable bonds is 5. The number of benzene rings is 1. The SMILES string of the molecule is Cl.O=C(NC1CCCCC1)C1CCC(CNC(=O)[C@@H]2Cc3ccccc3CN2)CC1. The molecule has 4 rings (SSSR count). The predicted octanol–water partition coefficient (Wildman–Crippen LogP) is 3.49. The quantitative estimate of drug-likeness (QED) is 0.665. The van der Waals surface area contributed by atoms with E-state index in [4.69, 9.17) is 0 Å². The Bertz CT molecular complexity index is 712. The van der Waals surface area contributed by atoms with Gasteiger partial charge >= 0.3 is 0 Å². The van der Waals surface area contributed by atoms with Gasteiger partial charge in [0, 0.05) is 25.0 Å². The number of hydrogen-bond donors (Lipinski definition) is 3. The zero-order valence-corrected chi connectivity index (χ0v) is 18.6. The van der Waals surface area contributed by atoms with Gasteiger partial charge in [-0.25, -0.2) is 0 Å². The van der Waals surface area contributed by atoms with Gasteiger partial charge in [0.1, 0.15) is 0 Å². The Kier molecular flexibility index (Phi) is 8.58. The monoisotopic (exact) mass is 433 g/mol. The van der Waals surface area contributed by atoms with E-state index in [0.29, 0.717) is 12.0 Å². The molecule has 1 atom stereocenters. The maximum Gasteiger partial charge on any atom is 0.237 e. The van der Waals surface area contributed by atoms with E-state index in [2.05, 4.69) is 28.1 Å². The lowest BCUT2D eigenvalue weighted by Gasteiger charge is -2.31. The molecule has 0 saturated heterocycles. The van der Waals surface area contributed by atoms with Crippen molar-refractivity contribution in [1.29, 1.82) is 0 Å². The lowest BCUT2D eigenvalue weighted by molar-refractivity contribution is -0.127. The Hall–Kier alpha value is -1.59. The summed E-state index contributed by atoms with van der Waals surface area (Å²) in [6.07, 6.45) is 10.8. The molecule has 3 aliphatic rings. The van der Waals surface area contributed by atoms with Crippen LogP contribution in [0.4, 0.5) is 0 Å². The van der Waals surface area contributed by atoms with E-state index in [1.165, 1.54) is 30.4 Å². The molecule has 1 aromatic rings. The minimum absolute atomic E-state index is 0. The zero-order valence-electron chi connectivity index (χ0n) is 17.8. The summed E-state index contributed by atoms with van der Waals surface area (Å²) < 4.78 is 0. The molecule has 1 aromatic carbocycles. The normalized spacial score (nSPS) is 26.7. The Labute approximate surface area is 186 Å². The van der Waals surface area contributed by atoms with Crippen LogP contribution < -0.4 is 16.0 Å². The molecule has 0 unspecified atom stereocenters. The van der Waals surface area contributed by atoms with Crippen molar-refractivity contribution in [3.8, 4) is 0 Å². The molecule has 0 radical (unpaired) electrons. The fraction of sp³-hybridized carbons (Fsp3) is 0.667. The molecule has 3 N–H and O–H groups in total. The lowest BCUT2D eigenvalue weighted by Crippen LogP contribution is -2.49. The van der Waals surface area contributed by atoms with Crippen molar-refractivity contribution in [2.45, 2.75) is 82.8 Å². The number of nitrogens with one attached hydrogen (secondary N) is 3. The molecular formula is C24H36ClN3O2. The summed E-state index contributed by atoms with van der Waals surface area (Å²) in [5, 5.41) is 9.81. The summed E-state index contributed by atoms with van der Waals surface area (Å²) in [4.78, 5) is 25.2. The first-order valence-electron chi connectivity index (χ1n) is 11.6. The van der Waals surface area contributed by atoms with E-state index < -0.39 is 0 Å². The maximum absolute atomic E-state index is 12.6. The number of amides is 2. The minimum Gasteiger partial charge on any atom is -0.354 e. The molecule has 2 amide bonds. The van der Waals surface area contributed by atoms with Crippen molar-refractivity contribution >= 4 is 24.2 Å². The first-order chi connectivity index (χ1) is 14.2. The van der Waals surface area contributed by atoms with Gasteiger partial charge in [-0.15, -0.1) is 12.4 Å². The number of hydrogen-bond acceptors (Lipinski definition) is 3. The zero-order chi connectivity index (χ0) is 20.1. The molecule has 0 aromatic heterocycles. The van der Waals surface area contributed by atoms with Crippen LogP contribution in [-0.2, 0) is 22.6 Å². The van der Waals surface area contributed by atoms with Gasteiger partial charge in [0.15, 0.2) is 0 Å². The van der Waals surface area contributed by atoms with Gasteiger partial charge < -0.3 is 16.0 Å².